The van der Waals surface area contributed by atoms with Crippen molar-refractivity contribution in [3.8, 4) is 0 Å². The standard InChI is InChI=1S/C25H20BrF3N4O2/c1-33-11-10-30-23(33)16-4-2-15(3-5-16)21(34)12-17-6-7-18(25(27,28)29)13-20(17)24(35)32-22-9-8-19(26)14-31-22/h2-9,13-14H,10-12H2,1H3,(H,31,32,35). The van der Waals surface area contributed by atoms with Gasteiger partial charge in [-0.3, -0.25) is 14.6 Å². The summed E-state index contributed by atoms with van der Waals surface area (Å²) < 4.78 is 40.7. The fourth-order valence-corrected chi connectivity index (χ4v) is 3.91. The van der Waals surface area contributed by atoms with Crippen molar-refractivity contribution in [3.63, 3.8) is 0 Å². The van der Waals surface area contributed by atoms with Gasteiger partial charge in [0.1, 0.15) is 11.7 Å². The monoisotopic (exact) mass is 544 g/mol. The van der Waals surface area contributed by atoms with Gasteiger partial charge in [-0.05, 0) is 45.8 Å². The molecule has 1 aromatic heterocycles. The molecule has 4 rings (SSSR count). The summed E-state index contributed by atoms with van der Waals surface area (Å²) in [5.41, 5.74) is 0.223. The molecule has 10 heteroatoms. The number of carbonyl (C=O) groups excluding carboxylic acids is 2. The van der Waals surface area contributed by atoms with Crippen molar-refractivity contribution in [3.05, 3.63) is 93.1 Å². The largest absolute Gasteiger partial charge is 0.416 e. The molecule has 0 bridgehead atoms. The zero-order valence-corrected chi connectivity index (χ0v) is 20.2. The van der Waals surface area contributed by atoms with E-state index in [-0.39, 0.29) is 29.1 Å². The quantitative estimate of drug-likeness (QED) is 0.431. The number of amidine groups is 1. The number of halogens is 4. The first kappa shape index (κ1) is 24.6. The van der Waals surface area contributed by atoms with Gasteiger partial charge in [0.25, 0.3) is 5.91 Å². The minimum absolute atomic E-state index is 0.170. The highest BCUT2D eigenvalue weighted by atomic mass is 79.9. The van der Waals surface area contributed by atoms with E-state index in [9.17, 15) is 22.8 Å². The third-order valence-electron chi connectivity index (χ3n) is 5.53. The molecule has 180 valence electrons. The summed E-state index contributed by atoms with van der Waals surface area (Å²) in [7, 11) is 1.94. The predicted molar refractivity (Wildman–Crippen MR) is 130 cm³/mol. The lowest BCUT2D eigenvalue weighted by Crippen LogP contribution is -2.23. The Kier molecular flexibility index (Phi) is 7.02. The van der Waals surface area contributed by atoms with Crippen LogP contribution >= 0.6 is 15.9 Å². The number of nitrogens with zero attached hydrogens (tertiary/aromatic N) is 3. The van der Waals surface area contributed by atoms with Crippen molar-refractivity contribution >= 4 is 39.3 Å². The second kappa shape index (κ2) is 9.99. The molecule has 0 spiro atoms. The second-order valence-corrected chi connectivity index (χ2v) is 8.91. The van der Waals surface area contributed by atoms with Crippen LogP contribution in [-0.2, 0) is 12.6 Å². The number of hydrogen-bond donors (Lipinski definition) is 1. The van der Waals surface area contributed by atoms with E-state index in [1.54, 1.807) is 30.3 Å². The van der Waals surface area contributed by atoms with Crippen LogP contribution in [0.15, 0.2) is 70.3 Å². The molecular formula is C25H20BrF3N4O2. The van der Waals surface area contributed by atoms with Crippen molar-refractivity contribution in [2.75, 3.05) is 25.5 Å². The van der Waals surface area contributed by atoms with Gasteiger partial charge in [0.2, 0.25) is 0 Å². The Bertz CT molecular complexity index is 1290. The summed E-state index contributed by atoms with van der Waals surface area (Å²) >= 11 is 3.23. The van der Waals surface area contributed by atoms with Gasteiger partial charge < -0.3 is 10.2 Å². The molecule has 1 aliphatic rings. The zero-order valence-electron chi connectivity index (χ0n) is 18.6. The first-order valence-electron chi connectivity index (χ1n) is 10.6. The number of anilines is 1. The predicted octanol–water partition coefficient (Wildman–Crippen LogP) is 5.23. The number of benzene rings is 2. The zero-order chi connectivity index (χ0) is 25.2. The fraction of sp³-hybridized carbons (Fsp3) is 0.200. The molecule has 1 amide bonds. The van der Waals surface area contributed by atoms with Gasteiger partial charge in [-0.1, -0.05) is 30.3 Å². The molecular weight excluding hydrogens is 525 g/mol. The average molecular weight is 545 g/mol. The van der Waals surface area contributed by atoms with Crippen LogP contribution < -0.4 is 5.32 Å². The summed E-state index contributed by atoms with van der Waals surface area (Å²) in [5.74, 6) is -0.101. The lowest BCUT2D eigenvalue weighted by Gasteiger charge is -2.15. The Morgan fingerprint density at radius 3 is 2.43 bits per heavy atom. The van der Waals surface area contributed by atoms with Gasteiger partial charge in [-0.15, -0.1) is 0 Å². The maximum absolute atomic E-state index is 13.3. The Balaban J connectivity index is 1.59. The molecule has 1 N–H and O–H groups in total. The van der Waals surface area contributed by atoms with E-state index in [1.165, 1.54) is 18.3 Å². The number of hydrogen-bond acceptors (Lipinski definition) is 5. The summed E-state index contributed by atoms with van der Waals surface area (Å²) in [4.78, 5) is 36.3. The third kappa shape index (κ3) is 5.76. The average Bonchev–Trinajstić information content (AvgIpc) is 3.26. The summed E-state index contributed by atoms with van der Waals surface area (Å²) in [6.07, 6.45) is -3.43. The van der Waals surface area contributed by atoms with E-state index in [4.69, 9.17) is 0 Å². The highest BCUT2D eigenvalue weighted by Gasteiger charge is 2.32. The number of carbonyl (C=O) groups is 2. The molecule has 0 saturated heterocycles. The molecule has 6 nitrogen and oxygen atoms in total. The molecule has 3 aromatic rings. The lowest BCUT2D eigenvalue weighted by molar-refractivity contribution is -0.137. The van der Waals surface area contributed by atoms with E-state index in [0.717, 1.165) is 30.1 Å². The smallest absolute Gasteiger partial charge is 0.358 e. The number of rotatable bonds is 6. The second-order valence-electron chi connectivity index (χ2n) is 7.99. The molecule has 0 fully saturated rings. The molecule has 35 heavy (non-hydrogen) atoms. The first-order chi connectivity index (χ1) is 16.6. The molecule has 1 aliphatic heterocycles. The molecule has 2 aromatic carbocycles. The third-order valence-corrected chi connectivity index (χ3v) is 5.99. The van der Waals surface area contributed by atoms with Gasteiger partial charge in [0, 0.05) is 47.4 Å². The lowest BCUT2D eigenvalue weighted by atomic mass is 9.95. The summed E-state index contributed by atoms with van der Waals surface area (Å²) in [6, 6.07) is 12.8. The number of ketones is 1. The number of aromatic nitrogens is 1. The van der Waals surface area contributed by atoms with Crippen LogP contribution in [0.25, 0.3) is 0 Å². The van der Waals surface area contributed by atoms with Crippen LogP contribution in [0.5, 0.6) is 0 Å². The van der Waals surface area contributed by atoms with Crippen LogP contribution in [0, 0.1) is 0 Å². The highest BCUT2D eigenvalue weighted by Crippen LogP contribution is 2.31. The van der Waals surface area contributed by atoms with Gasteiger partial charge in [0.05, 0.1) is 12.1 Å². The van der Waals surface area contributed by atoms with Crippen molar-refractivity contribution in [2.45, 2.75) is 12.6 Å². The van der Waals surface area contributed by atoms with Crippen LogP contribution in [0.4, 0.5) is 19.0 Å². The molecule has 0 saturated carbocycles. The maximum atomic E-state index is 13.3. The Hall–Kier alpha value is -3.53. The van der Waals surface area contributed by atoms with Crippen molar-refractivity contribution in [1.82, 2.24) is 9.88 Å². The van der Waals surface area contributed by atoms with Gasteiger partial charge >= 0.3 is 6.18 Å². The molecule has 0 unspecified atom stereocenters. The first-order valence-corrected chi connectivity index (χ1v) is 11.4. The highest BCUT2D eigenvalue weighted by molar-refractivity contribution is 9.10. The molecule has 0 atom stereocenters. The fourth-order valence-electron chi connectivity index (χ4n) is 3.68. The van der Waals surface area contributed by atoms with E-state index < -0.39 is 17.6 Å². The Morgan fingerprint density at radius 1 is 1.09 bits per heavy atom. The Labute approximate surface area is 208 Å². The van der Waals surface area contributed by atoms with Crippen LogP contribution in [-0.4, -0.2) is 47.5 Å². The minimum Gasteiger partial charge on any atom is -0.358 e. The van der Waals surface area contributed by atoms with E-state index in [0.29, 0.717) is 16.6 Å². The molecule has 0 radical (unpaired) electrons. The number of nitrogens with one attached hydrogen (secondary N) is 1. The van der Waals surface area contributed by atoms with E-state index in [2.05, 4.69) is 31.2 Å². The molecule has 2 heterocycles. The van der Waals surface area contributed by atoms with Crippen molar-refractivity contribution < 1.29 is 22.8 Å². The number of pyridine rings is 1. The number of likely N-dealkylation sites (N-methyl/N-ethyl adjacent to an activating group) is 1. The van der Waals surface area contributed by atoms with Crippen LogP contribution in [0.1, 0.15) is 37.4 Å². The van der Waals surface area contributed by atoms with Gasteiger partial charge in [-0.25, -0.2) is 4.98 Å². The van der Waals surface area contributed by atoms with Crippen LogP contribution in [0.2, 0.25) is 0 Å². The summed E-state index contributed by atoms with van der Waals surface area (Å²) in [6.45, 7) is 1.53. The number of aliphatic imine (C=N–C) groups is 1. The number of amides is 1. The summed E-state index contributed by atoms with van der Waals surface area (Å²) in [5, 5.41) is 2.49. The normalized spacial score (nSPS) is 13.5. The van der Waals surface area contributed by atoms with Gasteiger partial charge in [0.15, 0.2) is 5.78 Å². The minimum atomic E-state index is -4.64. The molecule has 0 aliphatic carbocycles. The van der Waals surface area contributed by atoms with E-state index in [1.807, 2.05) is 11.9 Å². The maximum Gasteiger partial charge on any atom is 0.416 e. The van der Waals surface area contributed by atoms with Crippen molar-refractivity contribution in [1.29, 1.82) is 0 Å². The van der Waals surface area contributed by atoms with E-state index >= 15 is 0 Å². The van der Waals surface area contributed by atoms with Gasteiger partial charge in [-0.2, -0.15) is 13.2 Å². The Morgan fingerprint density at radius 2 is 1.83 bits per heavy atom. The topological polar surface area (TPSA) is 74.7 Å². The van der Waals surface area contributed by atoms with Crippen molar-refractivity contribution in [2.24, 2.45) is 4.99 Å². The number of alkyl halides is 3. The SMILES string of the molecule is CN1CCN=C1c1ccc(C(=O)Cc2ccc(C(F)(F)F)cc2C(=O)Nc2ccc(Br)cn2)cc1. The number of Topliss-reactive ketones (excluding diaryl/α,β-unsaturated/α-hetero) is 1. The van der Waals surface area contributed by atoms with Crippen LogP contribution in [0.3, 0.4) is 0 Å².